The molecule has 0 aliphatic carbocycles. The molecule has 0 radical (unpaired) electrons. The first-order valence-electron chi connectivity index (χ1n) is 8.29. The van der Waals surface area contributed by atoms with E-state index in [0.717, 1.165) is 11.1 Å². The number of nitriles is 1. The summed E-state index contributed by atoms with van der Waals surface area (Å²) < 4.78 is 0. The highest BCUT2D eigenvalue weighted by atomic mass is 35.5. The maximum absolute atomic E-state index is 12.3. The van der Waals surface area contributed by atoms with Crippen LogP contribution in [0.1, 0.15) is 21.7 Å². The molecule has 1 aromatic carbocycles. The van der Waals surface area contributed by atoms with Gasteiger partial charge < -0.3 is 15.3 Å². The third-order valence-electron chi connectivity index (χ3n) is 4.32. The van der Waals surface area contributed by atoms with Gasteiger partial charge in [0.25, 0.3) is 0 Å². The van der Waals surface area contributed by atoms with Crippen LogP contribution in [0, 0.1) is 11.3 Å². The molecule has 140 valence electrons. The second-order valence-corrected chi connectivity index (χ2v) is 7.35. The van der Waals surface area contributed by atoms with Gasteiger partial charge >= 0.3 is 0 Å². The molecule has 0 bridgehead atoms. The van der Waals surface area contributed by atoms with E-state index in [0.29, 0.717) is 18.9 Å². The Labute approximate surface area is 166 Å². The Hall–Kier alpha value is -2.40. The molecule has 1 aliphatic rings. The Morgan fingerprint density at radius 2 is 2.00 bits per heavy atom. The lowest BCUT2D eigenvalue weighted by atomic mass is 10.1. The summed E-state index contributed by atoms with van der Waals surface area (Å²) >= 11 is 11.6. The maximum Gasteiger partial charge on any atom is 0.224 e. The Kier molecular flexibility index (Phi) is 6.11. The Balaban J connectivity index is 1.56. The van der Waals surface area contributed by atoms with Crippen molar-refractivity contribution in [3.05, 3.63) is 53.2 Å². The molecule has 2 aromatic rings. The number of rotatable bonds is 5. The van der Waals surface area contributed by atoms with Crippen molar-refractivity contribution < 1.29 is 9.90 Å². The van der Waals surface area contributed by atoms with E-state index in [4.69, 9.17) is 28.5 Å². The highest BCUT2D eigenvalue weighted by Gasteiger charge is 2.33. The topological polar surface area (TPSA) is 102 Å². The quantitative estimate of drug-likeness (QED) is 0.734. The SMILES string of the molecule is N#Cc1ccc(N2C[C@H](NC(=O)Cc3ccc(C(Cl)Cl)cc3)[C@@H](O)C2)nn1. The maximum atomic E-state index is 12.3. The van der Waals surface area contributed by atoms with Gasteiger partial charge in [0.15, 0.2) is 11.5 Å². The lowest BCUT2D eigenvalue weighted by molar-refractivity contribution is -0.121. The number of hydrogen-bond acceptors (Lipinski definition) is 6. The van der Waals surface area contributed by atoms with Crippen LogP contribution in [0.4, 0.5) is 5.82 Å². The number of benzene rings is 1. The van der Waals surface area contributed by atoms with Crippen LogP contribution >= 0.6 is 23.2 Å². The van der Waals surface area contributed by atoms with E-state index in [1.165, 1.54) is 0 Å². The van der Waals surface area contributed by atoms with Gasteiger partial charge in [0, 0.05) is 13.1 Å². The molecule has 1 amide bonds. The third-order valence-corrected chi connectivity index (χ3v) is 4.82. The van der Waals surface area contributed by atoms with Crippen molar-refractivity contribution >= 4 is 34.9 Å². The van der Waals surface area contributed by atoms with Gasteiger partial charge in [-0.05, 0) is 23.3 Å². The molecule has 1 fully saturated rings. The number of anilines is 1. The lowest BCUT2D eigenvalue weighted by Gasteiger charge is -2.17. The van der Waals surface area contributed by atoms with Gasteiger partial charge in [-0.3, -0.25) is 4.79 Å². The number of halogens is 2. The predicted octanol–water partition coefficient (Wildman–Crippen LogP) is 1.73. The number of aromatic nitrogens is 2. The zero-order chi connectivity index (χ0) is 19.4. The van der Waals surface area contributed by atoms with Gasteiger partial charge in [-0.25, -0.2) is 0 Å². The molecule has 9 heteroatoms. The molecule has 2 heterocycles. The van der Waals surface area contributed by atoms with Crippen molar-refractivity contribution in [2.75, 3.05) is 18.0 Å². The van der Waals surface area contributed by atoms with Crippen LogP contribution in [0.15, 0.2) is 36.4 Å². The number of hydrogen-bond donors (Lipinski definition) is 2. The summed E-state index contributed by atoms with van der Waals surface area (Å²) in [7, 11) is 0. The summed E-state index contributed by atoms with van der Waals surface area (Å²) in [6.45, 7) is 0.736. The molecule has 1 saturated heterocycles. The van der Waals surface area contributed by atoms with Gasteiger partial charge in [0.2, 0.25) is 5.91 Å². The molecule has 1 aliphatic heterocycles. The number of aliphatic hydroxyl groups is 1. The van der Waals surface area contributed by atoms with E-state index >= 15 is 0 Å². The van der Waals surface area contributed by atoms with Crippen LogP contribution in [-0.2, 0) is 11.2 Å². The summed E-state index contributed by atoms with van der Waals surface area (Å²) in [4.78, 5) is 13.5. The Bertz CT molecular complexity index is 836. The molecular formula is C18H17Cl2N5O2. The predicted molar refractivity (Wildman–Crippen MR) is 101 cm³/mol. The highest BCUT2D eigenvalue weighted by Crippen LogP contribution is 2.24. The number of nitrogens with zero attached hydrogens (tertiary/aromatic N) is 4. The van der Waals surface area contributed by atoms with E-state index in [1.807, 2.05) is 11.0 Å². The van der Waals surface area contributed by atoms with Crippen molar-refractivity contribution in [2.24, 2.45) is 0 Å². The standard InChI is InChI=1S/C18H17Cl2N5O2/c19-18(20)12-3-1-11(2-4-12)7-17(27)22-14-9-25(10-15(14)26)16-6-5-13(8-21)23-24-16/h1-6,14-15,18,26H,7,9-10H2,(H,22,27)/t14-,15-/m0/s1. The van der Waals surface area contributed by atoms with Crippen molar-refractivity contribution in [1.82, 2.24) is 15.5 Å². The molecule has 2 atom stereocenters. The fourth-order valence-electron chi connectivity index (χ4n) is 2.89. The minimum atomic E-state index is -0.720. The first-order chi connectivity index (χ1) is 13.0. The number of carbonyl (C=O) groups is 1. The van der Waals surface area contributed by atoms with Crippen LogP contribution in [0.3, 0.4) is 0 Å². The van der Waals surface area contributed by atoms with Crippen LogP contribution in [0.25, 0.3) is 0 Å². The minimum Gasteiger partial charge on any atom is -0.389 e. The second kappa shape index (κ2) is 8.53. The summed E-state index contributed by atoms with van der Waals surface area (Å²) in [5.41, 5.74) is 1.82. The van der Waals surface area contributed by atoms with Crippen molar-refractivity contribution in [2.45, 2.75) is 23.4 Å². The zero-order valence-electron chi connectivity index (χ0n) is 14.2. The monoisotopic (exact) mass is 405 g/mol. The summed E-state index contributed by atoms with van der Waals surface area (Å²) in [6, 6.07) is 11.9. The molecule has 0 spiro atoms. The molecule has 27 heavy (non-hydrogen) atoms. The molecule has 0 saturated carbocycles. The van der Waals surface area contributed by atoms with Crippen LogP contribution in [0.2, 0.25) is 0 Å². The minimum absolute atomic E-state index is 0.187. The van der Waals surface area contributed by atoms with Gasteiger partial charge in [0.05, 0.1) is 18.6 Å². The van der Waals surface area contributed by atoms with E-state index in [-0.39, 0.29) is 18.0 Å². The first kappa shape index (κ1) is 19.4. The number of alkyl halides is 2. The molecule has 1 aromatic heterocycles. The van der Waals surface area contributed by atoms with E-state index in [1.54, 1.807) is 36.4 Å². The van der Waals surface area contributed by atoms with Crippen molar-refractivity contribution in [1.29, 1.82) is 5.26 Å². The third kappa shape index (κ3) is 4.86. The normalized spacial score (nSPS) is 19.1. The summed E-state index contributed by atoms with van der Waals surface area (Å²) in [6.07, 6.45) is -0.530. The Morgan fingerprint density at radius 1 is 1.26 bits per heavy atom. The van der Waals surface area contributed by atoms with E-state index in [2.05, 4.69) is 15.5 Å². The van der Waals surface area contributed by atoms with Gasteiger partial charge in [0.1, 0.15) is 10.9 Å². The van der Waals surface area contributed by atoms with Gasteiger partial charge in [-0.15, -0.1) is 33.4 Å². The fourth-order valence-corrected chi connectivity index (χ4v) is 3.18. The average Bonchev–Trinajstić information content (AvgIpc) is 3.02. The number of amides is 1. The van der Waals surface area contributed by atoms with Crippen molar-refractivity contribution in [3.8, 4) is 6.07 Å². The number of nitrogens with one attached hydrogen (secondary N) is 1. The molecule has 3 rings (SSSR count). The molecule has 0 unspecified atom stereocenters. The summed E-state index contributed by atoms with van der Waals surface area (Å²) in [5, 5.41) is 29.6. The van der Waals surface area contributed by atoms with Crippen molar-refractivity contribution in [3.63, 3.8) is 0 Å². The second-order valence-electron chi connectivity index (χ2n) is 6.25. The van der Waals surface area contributed by atoms with Gasteiger partial charge in [-0.2, -0.15) is 5.26 Å². The number of β-amino-alcohol motifs (C(OH)–C–C–N with tert-alkyl or cyclic N) is 1. The smallest absolute Gasteiger partial charge is 0.224 e. The number of carbonyl (C=O) groups excluding carboxylic acids is 1. The molecule has 7 nitrogen and oxygen atoms in total. The van der Waals surface area contributed by atoms with Crippen LogP contribution in [0.5, 0.6) is 0 Å². The van der Waals surface area contributed by atoms with Gasteiger partial charge in [-0.1, -0.05) is 24.3 Å². The van der Waals surface area contributed by atoms with E-state index < -0.39 is 17.0 Å². The highest BCUT2D eigenvalue weighted by molar-refractivity contribution is 6.44. The Morgan fingerprint density at radius 3 is 2.59 bits per heavy atom. The number of aliphatic hydroxyl groups excluding tert-OH is 1. The fraction of sp³-hybridized carbons (Fsp3) is 0.333. The van der Waals surface area contributed by atoms with Crippen LogP contribution < -0.4 is 10.2 Å². The van der Waals surface area contributed by atoms with E-state index in [9.17, 15) is 9.90 Å². The molecular weight excluding hydrogens is 389 g/mol. The molecule has 2 N–H and O–H groups in total. The average molecular weight is 406 g/mol. The zero-order valence-corrected chi connectivity index (χ0v) is 15.7. The van der Waals surface area contributed by atoms with Crippen LogP contribution in [-0.4, -0.2) is 46.4 Å². The lowest BCUT2D eigenvalue weighted by Crippen LogP contribution is -2.43. The largest absolute Gasteiger partial charge is 0.389 e. The first-order valence-corrected chi connectivity index (χ1v) is 9.16. The summed E-state index contributed by atoms with van der Waals surface area (Å²) in [5.74, 6) is 0.366.